The molecular formula is C30H33ClFN5O. The first-order chi connectivity index (χ1) is 18.4. The molecule has 38 heavy (non-hydrogen) atoms. The van der Waals surface area contributed by atoms with Gasteiger partial charge >= 0.3 is 0 Å². The first kappa shape index (κ1) is 25.3. The fraction of sp³-hybridized carbons (Fsp3) is 0.400. The standard InChI is InChI=1S/C30H33ClFN5O/c1-36(2)12-6-5-9-26-34-29-24(30(35-26)37-16-19-10-11-20(17-37)33-19)15-25(31)27(28(29)32)23-14-21(38)13-18-7-3-4-8-22(18)23/h3-4,7-8,13-15,19-20,33,38H,5-6,9-12,16-17H2,1-2H3/t19-,20+. The number of phenols is 1. The zero-order valence-electron chi connectivity index (χ0n) is 21.8. The van der Waals surface area contributed by atoms with Crippen LogP contribution in [0.1, 0.15) is 31.5 Å². The number of benzene rings is 3. The summed E-state index contributed by atoms with van der Waals surface area (Å²) in [5.74, 6) is 1.02. The molecule has 6 rings (SSSR count). The highest BCUT2D eigenvalue weighted by Crippen LogP contribution is 2.42. The molecule has 2 bridgehead atoms. The summed E-state index contributed by atoms with van der Waals surface area (Å²) in [4.78, 5) is 14.2. The number of hydrogen-bond donors (Lipinski definition) is 2. The number of fused-ring (bicyclic) bond motifs is 4. The van der Waals surface area contributed by atoms with Gasteiger partial charge in [-0.3, -0.25) is 0 Å². The molecule has 0 radical (unpaired) electrons. The third-order valence-electron chi connectivity index (χ3n) is 7.80. The zero-order valence-corrected chi connectivity index (χ0v) is 22.6. The lowest BCUT2D eigenvalue weighted by Crippen LogP contribution is -2.51. The predicted molar refractivity (Wildman–Crippen MR) is 153 cm³/mol. The molecule has 2 N–H and O–H groups in total. The van der Waals surface area contributed by atoms with Crippen molar-refractivity contribution >= 4 is 39.1 Å². The van der Waals surface area contributed by atoms with Gasteiger partial charge in [0.15, 0.2) is 5.82 Å². The highest BCUT2D eigenvalue weighted by Gasteiger charge is 2.34. The van der Waals surface area contributed by atoms with E-state index in [0.29, 0.717) is 35.3 Å². The van der Waals surface area contributed by atoms with Crippen molar-refractivity contribution in [2.45, 2.75) is 44.2 Å². The Labute approximate surface area is 227 Å². The molecule has 2 saturated heterocycles. The lowest BCUT2D eigenvalue weighted by Gasteiger charge is -2.34. The molecule has 0 spiro atoms. The van der Waals surface area contributed by atoms with Crippen LogP contribution in [-0.2, 0) is 6.42 Å². The first-order valence-electron chi connectivity index (χ1n) is 13.4. The number of hydrogen-bond acceptors (Lipinski definition) is 6. The van der Waals surface area contributed by atoms with Gasteiger partial charge in [-0.15, -0.1) is 0 Å². The van der Waals surface area contributed by atoms with Gasteiger partial charge in [0, 0.05) is 42.5 Å². The molecule has 2 fully saturated rings. The number of halogens is 2. The van der Waals surface area contributed by atoms with Crippen LogP contribution in [0.5, 0.6) is 5.75 Å². The number of piperazine rings is 1. The quantitative estimate of drug-likeness (QED) is 0.294. The fourth-order valence-corrected chi connectivity index (χ4v) is 6.30. The van der Waals surface area contributed by atoms with Crippen LogP contribution in [0.15, 0.2) is 42.5 Å². The van der Waals surface area contributed by atoms with E-state index < -0.39 is 5.82 Å². The fourth-order valence-electron chi connectivity index (χ4n) is 6.01. The largest absolute Gasteiger partial charge is 0.508 e. The normalized spacial score (nSPS) is 19.2. The summed E-state index contributed by atoms with van der Waals surface area (Å²) in [6.45, 7) is 2.65. The Balaban J connectivity index is 1.50. The summed E-state index contributed by atoms with van der Waals surface area (Å²) in [6, 6.07) is 13.5. The molecule has 3 aromatic carbocycles. The Morgan fingerprint density at radius 2 is 1.82 bits per heavy atom. The molecule has 0 saturated carbocycles. The van der Waals surface area contributed by atoms with Gasteiger partial charge in [0.25, 0.3) is 0 Å². The summed E-state index contributed by atoms with van der Waals surface area (Å²) in [5.41, 5.74) is 1.10. The number of rotatable bonds is 7. The van der Waals surface area contributed by atoms with Crippen molar-refractivity contribution in [3.63, 3.8) is 0 Å². The molecule has 1 aromatic heterocycles. The minimum atomic E-state index is -0.473. The Hall–Kier alpha value is -3.00. The van der Waals surface area contributed by atoms with Gasteiger partial charge in [0.05, 0.1) is 5.02 Å². The molecule has 6 nitrogen and oxygen atoms in total. The highest BCUT2D eigenvalue weighted by molar-refractivity contribution is 6.35. The second kappa shape index (κ2) is 10.3. The van der Waals surface area contributed by atoms with E-state index in [4.69, 9.17) is 21.6 Å². The lowest BCUT2D eigenvalue weighted by atomic mass is 9.96. The Kier molecular flexibility index (Phi) is 6.84. The topological polar surface area (TPSA) is 64.5 Å². The summed E-state index contributed by atoms with van der Waals surface area (Å²) >= 11 is 6.84. The van der Waals surface area contributed by atoms with Gasteiger partial charge in [-0.25, -0.2) is 14.4 Å². The van der Waals surface area contributed by atoms with Gasteiger partial charge < -0.3 is 20.2 Å². The van der Waals surface area contributed by atoms with Gasteiger partial charge in [-0.2, -0.15) is 0 Å². The van der Waals surface area contributed by atoms with E-state index >= 15 is 4.39 Å². The Morgan fingerprint density at radius 3 is 2.58 bits per heavy atom. The van der Waals surface area contributed by atoms with E-state index in [1.807, 2.05) is 30.3 Å². The maximum Gasteiger partial charge on any atom is 0.158 e. The molecule has 2 aliphatic rings. The van der Waals surface area contributed by atoms with Gasteiger partial charge in [0.2, 0.25) is 0 Å². The van der Waals surface area contributed by atoms with Crippen molar-refractivity contribution in [3.05, 3.63) is 59.1 Å². The molecular weight excluding hydrogens is 501 g/mol. The number of phenolic OH excluding ortho intramolecular Hbond substituents is 1. The smallest absolute Gasteiger partial charge is 0.158 e. The van der Waals surface area contributed by atoms with Crippen molar-refractivity contribution in [3.8, 4) is 16.9 Å². The van der Waals surface area contributed by atoms with Crippen molar-refractivity contribution in [1.82, 2.24) is 20.2 Å². The monoisotopic (exact) mass is 533 g/mol. The van der Waals surface area contributed by atoms with E-state index in [1.165, 1.54) is 0 Å². The number of aromatic hydroxyl groups is 1. The van der Waals surface area contributed by atoms with Crippen LogP contribution in [0.4, 0.5) is 10.2 Å². The maximum absolute atomic E-state index is 16.6. The molecule has 4 aromatic rings. The minimum Gasteiger partial charge on any atom is -0.508 e. The summed E-state index contributed by atoms with van der Waals surface area (Å²) in [7, 11) is 4.13. The molecule has 198 valence electrons. The van der Waals surface area contributed by atoms with Crippen LogP contribution in [-0.4, -0.2) is 65.8 Å². The number of aryl methyl sites for hydroxylation is 1. The highest BCUT2D eigenvalue weighted by atomic mass is 35.5. The number of aromatic nitrogens is 2. The third-order valence-corrected chi connectivity index (χ3v) is 8.09. The Bertz CT molecular complexity index is 1500. The van der Waals surface area contributed by atoms with Gasteiger partial charge in [-0.1, -0.05) is 35.9 Å². The summed E-state index contributed by atoms with van der Waals surface area (Å²) in [6.07, 6.45) is 4.92. The van der Waals surface area contributed by atoms with Crippen LogP contribution in [0, 0.1) is 5.82 Å². The first-order valence-corrected chi connectivity index (χ1v) is 13.8. The van der Waals surface area contributed by atoms with Crippen LogP contribution in [0.2, 0.25) is 5.02 Å². The number of nitrogens with zero attached hydrogens (tertiary/aromatic N) is 4. The van der Waals surface area contributed by atoms with E-state index in [-0.39, 0.29) is 21.9 Å². The molecule has 2 atom stereocenters. The summed E-state index contributed by atoms with van der Waals surface area (Å²) in [5, 5.41) is 16.7. The minimum absolute atomic E-state index is 0.0653. The SMILES string of the molecule is CN(C)CCCCc1nc(N2C[C@H]3CC[C@@H](C2)N3)c2cc(Cl)c(-c3cc(O)cc4ccccc34)c(F)c2n1. The predicted octanol–water partition coefficient (Wildman–Crippen LogP) is 5.77. The molecule has 2 aliphatic heterocycles. The molecule has 3 heterocycles. The second-order valence-electron chi connectivity index (χ2n) is 10.9. The number of anilines is 1. The molecule has 0 aliphatic carbocycles. The average molecular weight is 534 g/mol. The van der Waals surface area contributed by atoms with E-state index in [1.54, 1.807) is 12.1 Å². The van der Waals surface area contributed by atoms with Crippen LogP contribution < -0.4 is 10.2 Å². The zero-order chi connectivity index (χ0) is 26.4. The third kappa shape index (κ3) is 4.79. The van der Waals surface area contributed by atoms with Crippen LogP contribution >= 0.6 is 11.6 Å². The Morgan fingerprint density at radius 1 is 1.05 bits per heavy atom. The van der Waals surface area contributed by atoms with E-state index in [0.717, 1.165) is 61.9 Å². The maximum atomic E-state index is 16.6. The second-order valence-corrected chi connectivity index (χ2v) is 11.3. The van der Waals surface area contributed by atoms with Crippen molar-refractivity contribution in [1.29, 1.82) is 0 Å². The molecule has 0 amide bonds. The molecule has 8 heteroatoms. The van der Waals surface area contributed by atoms with Crippen molar-refractivity contribution in [2.24, 2.45) is 0 Å². The van der Waals surface area contributed by atoms with Crippen LogP contribution in [0.3, 0.4) is 0 Å². The number of unbranched alkanes of at least 4 members (excludes halogenated alkanes) is 1. The van der Waals surface area contributed by atoms with Crippen LogP contribution in [0.25, 0.3) is 32.8 Å². The summed E-state index contributed by atoms with van der Waals surface area (Å²) < 4.78 is 16.6. The lowest BCUT2D eigenvalue weighted by molar-refractivity contribution is 0.393. The average Bonchev–Trinajstić information content (AvgIpc) is 3.23. The van der Waals surface area contributed by atoms with Gasteiger partial charge in [-0.05, 0) is 80.9 Å². The van der Waals surface area contributed by atoms with E-state index in [2.05, 4.69) is 29.2 Å². The van der Waals surface area contributed by atoms with Crippen molar-refractivity contribution in [2.75, 3.05) is 38.6 Å². The van der Waals surface area contributed by atoms with E-state index in [9.17, 15) is 5.11 Å². The number of nitrogens with one attached hydrogen (secondary N) is 1. The van der Waals surface area contributed by atoms with Crippen molar-refractivity contribution < 1.29 is 9.50 Å². The molecule has 0 unspecified atom stereocenters. The van der Waals surface area contributed by atoms with Gasteiger partial charge in [0.1, 0.15) is 22.9 Å².